The van der Waals surface area contributed by atoms with E-state index in [0.717, 1.165) is 16.9 Å². The van der Waals surface area contributed by atoms with E-state index in [0.29, 0.717) is 6.42 Å². The van der Waals surface area contributed by atoms with Gasteiger partial charge in [0.05, 0.1) is 12.7 Å². The third kappa shape index (κ3) is 1.47. The van der Waals surface area contributed by atoms with Crippen molar-refractivity contribution in [1.29, 1.82) is 0 Å². The summed E-state index contributed by atoms with van der Waals surface area (Å²) in [6.45, 7) is 1.56. The first-order valence-corrected chi connectivity index (χ1v) is 4.13. The van der Waals surface area contributed by atoms with Crippen LogP contribution in [0, 0.1) is 6.07 Å². The first-order valence-electron chi connectivity index (χ1n) is 4.13. The standard InChI is InChI=1S/C11H9O2/c1-8(12)7-11-10-4-2-3-9(10)5-6-13-11/h2,4-6H,7H2,1H3. The molecule has 2 rings (SSSR count). The molecule has 0 spiro atoms. The fraction of sp³-hybridized carbons (Fsp3) is 0.182. The van der Waals surface area contributed by atoms with E-state index >= 15 is 0 Å². The van der Waals surface area contributed by atoms with Crippen LogP contribution in [0.1, 0.15) is 12.7 Å². The van der Waals surface area contributed by atoms with Crippen LogP contribution in [-0.2, 0) is 11.2 Å². The van der Waals surface area contributed by atoms with Crippen LogP contribution >= 0.6 is 0 Å². The quantitative estimate of drug-likeness (QED) is 0.697. The van der Waals surface area contributed by atoms with E-state index in [-0.39, 0.29) is 5.78 Å². The Morgan fingerprint density at radius 1 is 1.54 bits per heavy atom. The van der Waals surface area contributed by atoms with Crippen LogP contribution in [0.5, 0.6) is 0 Å². The summed E-state index contributed by atoms with van der Waals surface area (Å²) in [7, 11) is 0. The molecule has 1 aliphatic heterocycles. The van der Waals surface area contributed by atoms with Gasteiger partial charge in [-0.1, -0.05) is 12.1 Å². The number of ketones is 1. The van der Waals surface area contributed by atoms with Crippen molar-refractivity contribution < 1.29 is 9.21 Å². The molecule has 1 radical (unpaired) electrons. The first kappa shape index (κ1) is 8.05. The van der Waals surface area contributed by atoms with Gasteiger partial charge in [0.25, 0.3) is 0 Å². The Labute approximate surface area is 76.5 Å². The second-order valence-corrected chi connectivity index (χ2v) is 3.03. The van der Waals surface area contributed by atoms with Crippen molar-refractivity contribution in [2.45, 2.75) is 13.3 Å². The highest BCUT2D eigenvalue weighted by Gasteiger charge is 2.11. The van der Waals surface area contributed by atoms with Crippen LogP contribution in [0.15, 0.2) is 28.9 Å². The SMILES string of the molecule is CC(=O)Cc1occc2[c]ccc1-2. The lowest BCUT2D eigenvalue weighted by Crippen LogP contribution is -1.97. The lowest BCUT2D eigenvalue weighted by Gasteiger charge is -2.03. The van der Waals surface area contributed by atoms with Crippen molar-refractivity contribution in [2.75, 3.05) is 0 Å². The number of fused-ring (bicyclic) bond motifs is 1. The van der Waals surface area contributed by atoms with Crippen LogP contribution in [0.25, 0.3) is 11.1 Å². The highest BCUT2D eigenvalue weighted by Crippen LogP contribution is 2.26. The van der Waals surface area contributed by atoms with Gasteiger partial charge < -0.3 is 4.42 Å². The van der Waals surface area contributed by atoms with Gasteiger partial charge in [0.15, 0.2) is 0 Å². The van der Waals surface area contributed by atoms with Gasteiger partial charge in [0.2, 0.25) is 0 Å². The predicted molar refractivity (Wildman–Crippen MR) is 48.6 cm³/mol. The zero-order valence-electron chi connectivity index (χ0n) is 7.33. The minimum absolute atomic E-state index is 0.109. The molecule has 0 saturated heterocycles. The van der Waals surface area contributed by atoms with Crippen molar-refractivity contribution in [3.05, 3.63) is 36.3 Å². The number of hydrogen-bond donors (Lipinski definition) is 0. The van der Waals surface area contributed by atoms with E-state index in [4.69, 9.17) is 4.42 Å². The molecule has 65 valence electrons. The van der Waals surface area contributed by atoms with Crippen molar-refractivity contribution in [3.8, 4) is 11.1 Å². The number of carbonyl (C=O) groups excluding carboxylic acids is 1. The third-order valence-corrected chi connectivity index (χ3v) is 1.93. The third-order valence-electron chi connectivity index (χ3n) is 1.93. The van der Waals surface area contributed by atoms with Gasteiger partial charge in [-0.3, -0.25) is 4.79 Å². The molecule has 1 aliphatic carbocycles. The predicted octanol–water partition coefficient (Wildman–Crippen LogP) is 2.32. The Morgan fingerprint density at radius 2 is 2.38 bits per heavy atom. The van der Waals surface area contributed by atoms with Crippen molar-refractivity contribution >= 4 is 5.78 Å². The average Bonchev–Trinajstić information content (AvgIpc) is 2.51. The Bertz CT molecular complexity index is 401. The summed E-state index contributed by atoms with van der Waals surface area (Å²) in [6, 6.07) is 8.66. The topological polar surface area (TPSA) is 30.2 Å². The summed E-state index contributed by atoms with van der Waals surface area (Å²) in [5, 5.41) is 0. The highest BCUT2D eigenvalue weighted by atomic mass is 16.3. The summed E-state index contributed by atoms with van der Waals surface area (Å²) in [5.74, 6) is 0.837. The van der Waals surface area contributed by atoms with E-state index in [1.807, 2.05) is 18.2 Å². The summed E-state index contributed by atoms with van der Waals surface area (Å²) < 4.78 is 5.27. The van der Waals surface area contributed by atoms with Crippen molar-refractivity contribution in [3.63, 3.8) is 0 Å². The second kappa shape index (κ2) is 3.05. The summed E-state index contributed by atoms with van der Waals surface area (Å²) in [4.78, 5) is 10.9. The fourth-order valence-corrected chi connectivity index (χ4v) is 1.37. The molecule has 0 aromatic carbocycles. The van der Waals surface area contributed by atoms with Crippen LogP contribution in [0.3, 0.4) is 0 Å². The number of rotatable bonds is 2. The maximum atomic E-state index is 10.9. The lowest BCUT2D eigenvalue weighted by molar-refractivity contribution is -0.116. The summed E-state index contributed by atoms with van der Waals surface area (Å²) in [6.07, 6.45) is 1.95. The Morgan fingerprint density at radius 3 is 3.15 bits per heavy atom. The number of carbonyl (C=O) groups is 1. The second-order valence-electron chi connectivity index (χ2n) is 3.03. The van der Waals surface area contributed by atoms with Gasteiger partial charge in [0, 0.05) is 5.56 Å². The maximum absolute atomic E-state index is 10.9. The normalized spacial score (nSPS) is 10.5. The molecule has 0 N–H and O–H groups in total. The van der Waals surface area contributed by atoms with E-state index in [1.165, 1.54) is 0 Å². The van der Waals surface area contributed by atoms with Gasteiger partial charge in [-0.15, -0.1) is 0 Å². The monoisotopic (exact) mass is 173 g/mol. The molecule has 2 heteroatoms. The molecule has 0 aromatic heterocycles. The zero-order valence-corrected chi connectivity index (χ0v) is 7.33. The van der Waals surface area contributed by atoms with E-state index in [9.17, 15) is 4.79 Å². The molecule has 0 amide bonds. The van der Waals surface area contributed by atoms with Gasteiger partial charge in [-0.2, -0.15) is 0 Å². The summed E-state index contributed by atoms with van der Waals surface area (Å²) in [5.41, 5.74) is 1.99. The van der Waals surface area contributed by atoms with Gasteiger partial charge >= 0.3 is 0 Å². The average molecular weight is 173 g/mol. The molecule has 1 heterocycles. The van der Waals surface area contributed by atoms with Gasteiger partial charge in [-0.25, -0.2) is 0 Å². The minimum Gasteiger partial charge on any atom is -0.468 e. The molecule has 0 atom stereocenters. The Kier molecular flexibility index (Phi) is 1.89. The molecule has 0 fully saturated rings. The smallest absolute Gasteiger partial charge is 0.137 e. The maximum Gasteiger partial charge on any atom is 0.137 e. The summed E-state index contributed by atoms with van der Waals surface area (Å²) >= 11 is 0. The molecule has 2 nitrogen and oxygen atoms in total. The van der Waals surface area contributed by atoms with Crippen LogP contribution in [0.4, 0.5) is 0 Å². The van der Waals surface area contributed by atoms with Crippen LogP contribution in [0.2, 0.25) is 0 Å². The molecule has 0 aromatic rings. The van der Waals surface area contributed by atoms with Crippen molar-refractivity contribution in [2.24, 2.45) is 0 Å². The number of hydrogen-bond acceptors (Lipinski definition) is 2. The van der Waals surface area contributed by atoms with Crippen LogP contribution < -0.4 is 0 Å². The van der Waals surface area contributed by atoms with E-state index in [1.54, 1.807) is 13.2 Å². The van der Waals surface area contributed by atoms with E-state index < -0.39 is 0 Å². The fourth-order valence-electron chi connectivity index (χ4n) is 1.37. The first-order chi connectivity index (χ1) is 6.27. The molecule has 13 heavy (non-hydrogen) atoms. The van der Waals surface area contributed by atoms with E-state index in [2.05, 4.69) is 6.07 Å². The minimum atomic E-state index is 0.109. The molecule has 0 bridgehead atoms. The lowest BCUT2D eigenvalue weighted by atomic mass is 10.1. The highest BCUT2D eigenvalue weighted by molar-refractivity contribution is 5.80. The molecule has 0 unspecified atom stereocenters. The Balaban J connectivity index is 2.46. The number of Topliss-reactive ketones (excluding diaryl/α,β-unsaturated/α-hetero) is 1. The van der Waals surface area contributed by atoms with Crippen molar-refractivity contribution in [1.82, 2.24) is 0 Å². The molecular weight excluding hydrogens is 164 g/mol. The molecule has 0 saturated carbocycles. The molecular formula is C11H9O2. The van der Waals surface area contributed by atoms with Crippen LogP contribution in [-0.4, -0.2) is 5.78 Å². The van der Waals surface area contributed by atoms with Gasteiger partial charge in [0.1, 0.15) is 11.5 Å². The Hall–Kier alpha value is -1.57. The largest absolute Gasteiger partial charge is 0.468 e. The van der Waals surface area contributed by atoms with Gasteiger partial charge in [-0.05, 0) is 24.6 Å². The zero-order chi connectivity index (χ0) is 9.26. The molecule has 2 aliphatic rings.